The van der Waals surface area contributed by atoms with Crippen LogP contribution in [0.25, 0.3) is 5.57 Å². The van der Waals surface area contributed by atoms with Crippen LogP contribution in [0.5, 0.6) is 0 Å². The van der Waals surface area contributed by atoms with E-state index >= 15 is 0 Å². The van der Waals surface area contributed by atoms with Gasteiger partial charge in [-0.25, -0.2) is 9.59 Å². The lowest BCUT2D eigenvalue weighted by Crippen LogP contribution is -2.01. The average molecular weight is 267 g/mol. The fourth-order valence-corrected chi connectivity index (χ4v) is 1.89. The average Bonchev–Trinajstić information content (AvgIpc) is 2.41. The summed E-state index contributed by atoms with van der Waals surface area (Å²) < 4.78 is 4.67. The fraction of sp³-hybridized carbons (Fsp3) is 0.0909. The van der Waals surface area contributed by atoms with Crippen LogP contribution in [0.2, 0.25) is 0 Å². The van der Waals surface area contributed by atoms with Crippen molar-refractivity contribution in [3.63, 3.8) is 0 Å². The van der Waals surface area contributed by atoms with Crippen LogP contribution >= 0.6 is 15.9 Å². The molecule has 0 aliphatic carbocycles. The van der Waals surface area contributed by atoms with Crippen molar-refractivity contribution >= 4 is 33.4 Å². The van der Waals surface area contributed by atoms with Crippen molar-refractivity contribution in [2.75, 3.05) is 0 Å². The molecule has 0 radical (unpaired) electrons. The van der Waals surface area contributed by atoms with Gasteiger partial charge in [-0.1, -0.05) is 29.8 Å². The third-order valence-electron chi connectivity index (χ3n) is 2.09. The largest absolute Gasteiger partial charge is 0.385 e. The molecule has 0 spiro atoms. The van der Waals surface area contributed by atoms with Crippen LogP contribution < -0.4 is 0 Å². The number of carbonyl (C=O) groups excluding carboxylic acids is 2. The molecular formula is C11H7BrO3. The molecule has 1 aromatic rings. The predicted molar refractivity (Wildman–Crippen MR) is 58.1 cm³/mol. The lowest BCUT2D eigenvalue weighted by atomic mass is 10.0. The fourth-order valence-electron chi connectivity index (χ4n) is 1.42. The Hall–Kier alpha value is -1.42. The summed E-state index contributed by atoms with van der Waals surface area (Å²) in [5.41, 5.74) is 2.01. The summed E-state index contributed by atoms with van der Waals surface area (Å²) in [5, 5.41) is 0. The highest BCUT2D eigenvalue weighted by Crippen LogP contribution is 2.30. The second-order valence-corrected chi connectivity index (χ2v) is 4.03. The van der Waals surface area contributed by atoms with E-state index in [9.17, 15) is 9.59 Å². The summed E-state index contributed by atoms with van der Waals surface area (Å²) in [7, 11) is 0. The number of cyclic esters (lactones) is 2. The quantitative estimate of drug-likeness (QED) is 0.578. The minimum Gasteiger partial charge on any atom is -0.385 e. The van der Waals surface area contributed by atoms with E-state index in [2.05, 4.69) is 20.7 Å². The molecule has 1 aliphatic heterocycles. The number of hydrogen-bond acceptors (Lipinski definition) is 3. The van der Waals surface area contributed by atoms with Gasteiger partial charge < -0.3 is 4.74 Å². The Morgan fingerprint density at radius 3 is 2.47 bits per heavy atom. The van der Waals surface area contributed by atoms with Crippen molar-refractivity contribution in [2.45, 2.75) is 6.92 Å². The molecule has 0 aromatic heterocycles. The SMILES string of the molecule is Cc1cccc(C2=C(Br)C(=O)OC2=O)c1. The maximum atomic E-state index is 11.4. The Morgan fingerprint density at radius 1 is 1.20 bits per heavy atom. The number of esters is 2. The molecule has 1 aliphatic rings. The summed E-state index contributed by atoms with van der Waals surface area (Å²) in [6, 6.07) is 7.34. The van der Waals surface area contributed by atoms with Crippen molar-refractivity contribution in [3.05, 3.63) is 39.9 Å². The molecule has 76 valence electrons. The minimum atomic E-state index is -0.628. The second-order valence-electron chi connectivity index (χ2n) is 3.24. The van der Waals surface area contributed by atoms with Gasteiger partial charge in [0, 0.05) is 0 Å². The van der Waals surface area contributed by atoms with Crippen LogP contribution in [0.1, 0.15) is 11.1 Å². The number of carbonyl (C=O) groups is 2. The van der Waals surface area contributed by atoms with Crippen molar-refractivity contribution in [1.29, 1.82) is 0 Å². The zero-order valence-corrected chi connectivity index (χ0v) is 9.50. The van der Waals surface area contributed by atoms with Crippen LogP contribution in [0.4, 0.5) is 0 Å². The van der Waals surface area contributed by atoms with Crippen LogP contribution in [0.3, 0.4) is 0 Å². The molecule has 0 unspecified atom stereocenters. The molecule has 0 saturated carbocycles. The molecule has 1 aromatic carbocycles. The molecular weight excluding hydrogens is 260 g/mol. The maximum absolute atomic E-state index is 11.4. The Labute approximate surface area is 94.9 Å². The van der Waals surface area contributed by atoms with Gasteiger partial charge in [0.2, 0.25) is 0 Å². The van der Waals surface area contributed by atoms with Crippen molar-refractivity contribution in [2.24, 2.45) is 0 Å². The molecule has 0 saturated heterocycles. The smallest absolute Gasteiger partial charge is 0.354 e. The van der Waals surface area contributed by atoms with E-state index in [1.54, 1.807) is 6.07 Å². The van der Waals surface area contributed by atoms with Gasteiger partial charge in [0.15, 0.2) is 0 Å². The molecule has 0 N–H and O–H groups in total. The van der Waals surface area contributed by atoms with Gasteiger partial charge in [0.1, 0.15) is 4.48 Å². The molecule has 15 heavy (non-hydrogen) atoms. The van der Waals surface area contributed by atoms with Crippen molar-refractivity contribution < 1.29 is 14.3 Å². The summed E-state index contributed by atoms with van der Waals surface area (Å²) in [6.07, 6.45) is 0. The number of halogens is 1. The van der Waals surface area contributed by atoms with Gasteiger partial charge in [0.25, 0.3) is 0 Å². The van der Waals surface area contributed by atoms with E-state index in [0.717, 1.165) is 5.56 Å². The number of aryl methyl sites for hydroxylation is 1. The van der Waals surface area contributed by atoms with Crippen LogP contribution in [-0.2, 0) is 14.3 Å². The van der Waals surface area contributed by atoms with Crippen molar-refractivity contribution in [1.82, 2.24) is 0 Å². The Balaban J connectivity index is 2.56. The molecule has 0 amide bonds. The van der Waals surface area contributed by atoms with E-state index in [0.29, 0.717) is 11.1 Å². The van der Waals surface area contributed by atoms with Crippen molar-refractivity contribution in [3.8, 4) is 0 Å². The molecule has 2 rings (SSSR count). The van der Waals surface area contributed by atoms with Crippen LogP contribution in [0.15, 0.2) is 28.7 Å². The first-order valence-electron chi connectivity index (χ1n) is 4.33. The van der Waals surface area contributed by atoms with E-state index in [1.165, 1.54) is 0 Å². The van der Waals surface area contributed by atoms with Gasteiger partial charge in [-0.15, -0.1) is 0 Å². The molecule has 3 nitrogen and oxygen atoms in total. The molecule has 0 atom stereocenters. The summed E-state index contributed by atoms with van der Waals surface area (Å²) in [5.74, 6) is -1.23. The van der Waals surface area contributed by atoms with Crippen LogP contribution in [0, 0.1) is 6.92 Å². The monoisotopic (exact) mass is 266 g/mol. The number of rotatable bonds is 1. The Morgan fingerprint density at radius 2 is 1.93 bits per heavy atom. The first-order chi connectivity index (χ1) is 7.09. The number of benzene rings is 1. The summed E-state index contributed by atoms with van der Waals surface area (Å²) >= 11 is 3.06. The molecule has 0 bridgehead atoms. The minimum absolute atomic E-state index is 0.193. The van der Waals surface area contributed by atoms with E-state index < -0.39 is 11.9 Å². The van der Waals surface area contributed by atoms with E-state index in [-0.39, 0.29) is 4.48 Å². The van der Waals surface area contributed by atoms with Crippen LogP contribution in [-0.4, -0.2) is 11.9 Å². The molecule has 1 heterocycles. The standard InChI is InChI=1S/C11H7BrO3/c1-6-3-2-4-7(5-6)8-9(12)11(14)15-10(8)13/h2-5H,1H3. The highest BCUT2D eigenvalue weighted by molar-refractivity contribution is 9.12. The normalized spacial score (nSPS) is 15.9. The number of hydrogen-bond donors (Lipinski definition) is 0. The second kappa shape index (κ2) is 3.62. The molecule has 0 fully saturated rings. The summed E-state index contributed by atoms with van der Waals surface area (Å²) in [6.45, 7) is 1.92. The first-order valence-corrected chi connectivity index (χ1v) is 5.12. The lowest BCUT2D eigenvalue weighted by molar-refractivity contribution is -0.149. The van der Waals surface area contributed by atoms with Gasteiger partial charge in [-0.3, -0.25) is 0 Å². The van der Waals surface area contributed by atoms with E-state index in [1.807, 2.05) is 25.1 Å². The third kappa shape index (κ3) is 1.72. The zero-order chi connectivity index (χ0) is 11.0. The molecule has 4 heteroatoms. The highest BCUT2D eigenvalue weighted by Gasteiger charge is 2.32. The Bertz CT molecular complexity index is 488. The number of ether oxygens (including phenoxy) is 1. The maximum Gasteiger partial charge on any atom is 0.354 e. The third-order valence-corrected chi connectivity index (χ3v) is 2.82. The zero-order valence-electron chi connectivity index (χ0n) is 7.91. The van der Waals surface area contributed by atoms with Gasteiger partial charge in [0.05, 0.1) is 5.57 Å². The topological polar surface area (TPSA) is 43.4 Å². The Kier molecular flexibility index (Phi) is 2.44. The summed E-state index contributed by atoms with van der Waals surface area (Å²) in [4.78, 5) is 22.5. The van der Waals surface area contributed by atoms with Gasteiger partial charge in [-0.2, -0.15) is 0 Å². The highest BCUT2D eigenvalue weighted by atomic mass is 79.9. The van der Waals surface area contributed by atoms with E-state index in [4.69, 9.17) is 0 Å². The van der Waals surface area contributed by atoms with Gasteiger partial charge >= 0.3 is 11.9 Å². The lowest BCUT2D eigenvalue weighted by Gasteiger charge is -2.00. The predicted octanol–water partition coefficient (Wildman–Crippen LogP) is 2.18. The van der Waals surface area contributed by atoms with Gasteiger partial charge in [-0.05, 0) is 28.4 Å². The first kappa shape index (κ1) is 10.1.